The molecule has 9 rings (SSSR count). The fourth-order valence-corrected chi connectivity index (χ4v) is 7.03. The van der Waals surface area contributed by atoms with Crippen molar-refractivity contribution in [3.8, 4) is 44.5 Å². The van der Waals surface area contributed by atoms with Gasteiger partial charge in [-0.05, 0) is 93.0 Å². The summed E-state index contributed by atoms with van der Waals surface area (Å²) in [6.45, 7) is 0. The summed E-state index contributed by atoms with van der Waals surface area (Å²) in [7, 11) is 0. The Morgan fingerprint density at radius 2 is 0.780 bits per heavy atom. The van der Waals surface area contributed by atoms with Crippen molar-refractivity contribution in [2.75, 3.05) is 4.90 Å². The van der Waals surface area contributed by atoms with Gasteiger partial charge in [0.25, 0.3) is 0 Å². The first-order valence-corrected chi connectivity index (χ1v) is 17.0. The second-order valence-electron chi connectivity index (χ2n) is 12.6. The topological polar surface area (TPSA) is 16.4 Å². The predicted octanol–water partition coefficient (Wildman–Crippen LogP) is 13.7. The van der Waals surface area contributed by atoms with E-state index in [0.717, 1.165) is 44.6 Å². The van der Waals surface area contributed by atoms with Crippen LogP contribution in [-0.4, -0.2) is 0 Å². The summed E-state index contributed by atoms with van der Waals surface area (Å²) in [6.07, 6.45) is 0. The highest BCUT2D eigenvalue weighted by atomic mass is 16.3. The van der Waals surface area contributed by atoms with E-state index in [1.807, 2.05) is 12.1 Å². The second kappa shape index (κ2) is 12.8. The molecule has 2 heteroatoms. The van der Waals surface area contributed by atoms with E-state index in [2.05, 4.69) is 193 Å². The zero-order chi connectivity index (χ0) is 33.3. The van der Waals surface area contributed by atoms with Gasteiger partial charge in [-0.3, -0.25) is 0 Å². The summed E-state index contributed by atoms with van der Waals surface area (Å²) in [4.78, 5) is 2.32. The molecule has 0 bridgehead atoms. The fraction of sp³-hybridized carbons (Fsp3) is 0. The number of nitrogens with zero attached hydrogens (tertiary/aromatic N) is 1. The molecule has 0 amide bonds. The van der Waals surface area contributed by atoms with Crippen molar-refractivity contribution >= 4 is 39.0 Å². The summed E-state index contributed by atoms with van der Waals surface area (Å²) in [5.74, 6) is 0. The van der Waals surface area contributed by atoms with E-state index >= 15 is 0 Å². The molecule has 0 atom stereocenters. The molecule has 0 fully saturated rings. The molecule has 2 nitrogen and oxygen atoms in total. The minimum absolute atomic E-state index is 0.869. The van der Waals surface area contributed by atoms with Crippen LogP contribution >= 0.6 is 0 Å². The van der Waals surface area contributed by atoms with Crippen LogP contribution in [0.3, 0.4) is 0 Å². The van der Waals surface area contributed by atoms with Crippen LogP contribution in [0.1, 0.15) is 0 Å². The third-order valence-electron chi connectivity index (χ3n) is 9.48. The van der Waals surface area contributed by atoms with Crippen LogP contribution in [0.25, 0.3) is 66.4 Å². The van der Waals surface area contributed by atoms with Crippen molar-refractivity contribution in [1.29, 1.82) is 0 Å². The van der Waals surface area contributed by atoms with Crippen LogP contribution in [0.2, 0.25) is 0 Å². The van der Waals surface area contributed by atoms with Crippen LogP contribution in [0, 0.1) is 0 Å². The van der Waals surface area contributed by atoms with Gasteiger partial charge in [-0.2, -0.15) is 0 Å². The quantitative estimate of drug-likeness (QED) is 0.173. The third kappa shape index (κ3) is 5.53. The standard InChI is InChI=1S/C48H33NO/c1-3-13-34(14-4-1)37-17-11-18-38(31-37)39-19-12-20-41(32-39)49(42-29-30-46-45-23-9-10-24-47(45)50-48(46)33-42)40-27-25-36(26-28-40)44-22-8-7-21-43(44)35-15-5-2-6-16-35/h1-33H. The van der Waals surface area contributed by atoms with Gasteiger partial charge in [0.05, 0.1) is 0 Å². The van der Waals surface area contributed by atoms with E-state index in [4.69, 9.17) is 4.42 Å². The predicted molar refractivity (Wildman–Crippen MR) is 210 cm³/mol. The Kier molecular flexibility index (Phi) is 7.53. The van der Waals surface area contributed by atoms with Crippen LogP contribution in [0.4, 0.5) is 17.1 Å². The number of furan rings is 1. The number of hydrogen-bond donors (Lipinski definition) is 0. The monoisotopic (exact) mass is 639 g/mol. The zero-order valence-corrected chi connectivity index (χ0v) is 27.4. The average molecular weight is 640 g/mol. The first-order valence-electron chi connectivity index (χ1n) is 17.0. The van der Waals surface area contributed by atoms with Gasteiger partial charge in [0, 0.05) is 33.9 Å². The molecular formula is C48H33NO. The minimum Gasteiger partial charge on any atom is -0.456 e. The molecule has 0 aliphatic rings. The average Bonchev–Trinajstić information content (AvgIpc) is 3.57. The second-order valence-corrected chi connectivity index (χ2v) is 12.6. The molecule has 0 radical (unpaired) electrons. The summed E-state index contributed by atoms with van der Waals surface area (Å²) >= 11 is 0. The van der Waals surface area contributed by atoms with E-state index < -0.39 is 0 Å². The molecule has 0 aliphatic heterocycles. The van der Waals surface area contributed by atoms with Gasteiger partial charge in [-0.1, -0.05) is 146 Å². The molecule has 8 aromatic carbocycles. The molecule has 1 heterocycles. The van der Waals surface area contributed by atoms with Gasteiger partial charge < -0.3 is 9.32 Å². The van der Waals surface area contributed by atoms with Crippen LogP contribution in [0.15, 0.2) is 205 Å². The lowest BCUT2D eigenvalue weighted by atomic mass is 9.94. The van der Waals surface area contributed by atoms with Gasteiger partial charge >= 0.3 is 0 Å². The number of hydrogen-bond acceptors (Lipinski definition) is 2. The number of benzene rings is 8. The van der Waals surface area contributed by atoms with Gasteiger partial charge in [0.1, 0.15) is 11.2 Å². The summed E-state index contributed by atoms with van der Waals surface area (Å²) in [6, 6.07) is 71.1. The Morgan fingerprint density at radius 1 is 0.280 bits per heavy atom. The smallest absolute Gasteiger partial charge is 0.137 e. The minimum atomic E-state index is 0.869. The van der Waals surface area contributed by atoms with Gasteiger partial charge in [0.15, 0.2) is 0 Å². The lowest BCUT2D eigenvalue weighted by molar-refractivity contribution is 0.669. The molecule has 50 heavy (non-hydrogen) atoms. The lowest BCUT2D eigenvalue weighted by Crippen LogP contribution is -2.10. The molecule has 0 saturated carbocycles. The first kappa shape index (κ1) is 29.5. The van der Waals surface area contributed by atoms with E-state index in [0.29, 0.717) is 0 Å². The summed E-state index contributed by atoms with van der Waals surface area (Å²) < 4.78 is 6.37. The summed E-state index contributed by atoms with van der Waals surface area (Å²) in [5.41, 5.74) is 14.5. The molecule has 0 spiro atoms. The highest BCUT2D eigenvalue weighted by molar-refractivity contribution is 6.06. The van der Waals surface area contributed by atoms with Crippen LogP contribution in [-0.2, 0) is 0 Å². The Labute approximate surface area is 292 Å². The largest absolute Gasteiger partial charge is 0.456 e. The van der Waals surface area contributed by atoms with E-state index in [1.165, 1.54) is 38.9 Å². The van der Waals surface area contributed by atoms with Crippen LogP contribution in [0.5, 0.6) is 0 Å². The maximum Gasteiger partial charge on any atom is 0.137 e. The molecule has 0 N–H and O–H groups in total. The Balaban J connectivity index is 1.16. The zero-order valence-electron chi connectivity index (χ0n) is 27.4. The lowest BCUT2D eigenvalue weighted by Gasteiger charge is -2.26. The number of rotatable bonds is 7. The number of fused-ring (bicyclic) bond motifs is 3. The van der Waals surface area contributed by atoms with E-state index in [9.17, 15) is 0 Å². The highest BCUT2D eigenvalue weighted by Crippen LogP contribution is 2.41. The first-order chi connectivity index (χ1) is 24.8. The van der Waals surface area contributed by atoms with Crippen molar-refractivity contribution in [3.63, 3.8) is 0 Å². The van der Waals surface area contributed by atoms with Crippen molar-refractivity contribution in [1.82, 2.24) is 0 Å². The van der Waals surface area contributed by atoms with Crippen molar-refractivity contribution in [3.05, 3.63) is 200 Å². The van der Waals surface area contributed by atoms with Gasteiger partial charge in [0.2, 0.25) is 0 Å². The Bertz CT molecular complexity index is 2580. The normalized spacial score (nSPS) is 11.2. The molecular weight excluding hydrogens is 607 g/mol. The van der Waals surface area contributed by atoms with Crippen molar-refractivity contribution in [2.24, 2.45) is 0 Å². The van der Waals surface area contributed by atoms with Gasteiger partial charge in [-0.25, -0.2) is 0 Å². The molecule has 0 saturated heterocycles. The molecule has 0 unspecified atom stereocenters. The maximum atomic E-state index is 6.37. The van der Waals surface area contributed by atoms with E-state index in [-0.39, 0.29) is 0 Å². The third-order valence-corrected chi connectivity index (χ3v) is 9.48. The Hall–Kier alpha value is -6.64. The highest BCUT2D eigenvalue weighted by Gasteiger charge is 2.17. The molecule has 236 valence electrons. The van der Waals surface area contributed by atoms with Gasteiger partial charge in [-0.15, -0.1) is 0 Å². The molecule has 1 aromatic heterocycles. The SMILES string of the molecule is c1ccc(-c2cccc(-c3cccc(N(c4ccc(-c5ccccc5-c5ccccc5)cc4)c4ccc5c(c4)oc4ccccc45)c3)c2)cc1. The van der Waals surface area contributed by atoms with Crippen LogP contribution < -0.4 is 4.90 Å². The Morgan fingerprint density at radius 3 is 1.52 bits per heavy atom. The number of anilines is 3. The van der Waals surface area contributed by atoms with E-state index in [1.54, 1.807) is 0 Å². The fourth-order valence-electron chi connectivity index (χ4n) is 7.03. The summed E-state index contributed by atoms with van der Waals surface area (Å²) in [5, 5.41) is 2.24. The molecule has 0 aliphatic carbocycles. The maximum absolute atomic E-state index is 6.37. The van der Waals surface area contributed by atoms with Crippen molar-refractivity contribution in [2.45, 2.75) is 0 Å². The van der Waals surface area contributed by atoms with Crippen molar-refractivity contribution < 1.29 is 4.42 Å². The molecule has 9 aromatic rings. The number of para-hydroxylation sites is 1.